The zero-order valence-corrected chi connectivity index (χ0v) is 7.33. The van der Waals surface area contributed by atoms with Crippen LogP contribution in [0.5, 0.6) is 0 Å². The molecule has 0 N–H and O–H groups in total. The summed E-state index contributed by atoms with van der Waals surface area (Å²) in [5.74, 6) is 0. The van der Waals surface area contributed by atoms with Gasteiger partial charge in [0.15, 0.2) is 0 Å². The first-order valence-electron chi connectivity index (χ1n) is 2.91. The van der Waals surface area contributed by atoms with Crippen LogP contribution in [0.3, 0.4) is 0 Å². The molecule has 0 aliphatic rings. The number of hydrogen-bond donors (Lipinski definition) is 0. The Bertz CT molecular complexity index is 25.0. The zero-order chi connectivity index (χ0) is 4.83. The van der Waals surface area contributed by atoms with Crippen molar-refractivity contribution in [2.24, 2.45) is 0 Å². The monoisotopic (exact) mass is 128 g/mol. The fourth-order valence-electron chi connectivity index (χ4n) is 0.500. The second-order valence-electron chi connectivity index (χ2n) is 1.71. The van der Waals surface area contributed by atoms with E-state index in [2.05, 4.69) is 13.8 Å². The van der Waals surface area contributed by atoms with Gasteiger partial charge in [0.05, 0.1) is 0 Å². The van der Waals surface area contributed by atoms with E-state index in [9.17, 15) is 0 Å². The van der Waals surface area contributed by atoms with Gasteiger partial charge in [0.2, 0.25) is 0 Å². The van der Waals surface area contributed by atoms with Gasteiger partial charge in [-0.2, -0.15) is 13.5 Å². The van der Waals surface area contributed by atoms with Crippen molar-refractivity contribution >= 4 is 13.5 Å². The summed E-state index contributed by atoms with van der Waals surface area (Å²) < 4.78 is 0. The van der Waals surface area contributed by atoms with Gasteiger partial charge in [-0.15, -0.1) is 0 Å². The Morgan fingerprint density at radius 1 is 1.00 bits per heavy atom. The molecule has 0 amide bonds. The van der Waals surface area contributed by atoms with E-state index >= 15 is 0 Å². The van der Waals surface area contributed by atoms with Gasteiger partial charge in [-0.05, 0) is 0 Å². The van der Waals surface area contributed by atoms with Crippen molar-refractivity contribution in [1.82, 2.24) is 0 Å². The van der Waals surface area contributed by atoms with Crippen molar-refractivity contribution in [2.45, 2.75) is 39.5 Å². The van der Waals surface area contributed by atoms with Crippen molar-refractivity contribution in [3.8, 4) is 0 Å². The molecule has 0 heterocycles. The molecule has 0 aromatic rings. The smallest absolute Gasteiger partial charge is 1.00 e. The molecule has 0 aromatic heterocycles. The first-order chi connectivity index (χ1) is 2.91. The molecule has 0 bridgehead atoms. The molecular formula is C6H17LiS. The van der Waals surface area contributed by atoms with E-state index in [1.165, 1.54) is 25.7 Å². The molecule has 0 aliphatic carbocycles. The molecule has 0 fully saturated rings. The average Bonchev–Trinajstić information content (AvgIpc) is 1.61. The molecular weight excluding hydrogens is 111 g/mol. The Hall–Kier alpha value is 0.947. The minimum atomic E-state index is 0. The first-order valence-corrected chi connectivity index (χ1v) is 2.91. The quantitative estimate of drug-likeness (QED) is 0.365. The predicted molar refractivity (Wildman–Crippen MR) is 41.3 cm³/mol. The largest absolute Gasteiger partial charge is 1.00 e. The van der Waals surface area contributed by atoms with Crippen molar-refractivity contribution in [2.75, 3.05) is 0 Å². The van der Waals surface area contributed by atoms with Crippen molar-refractivity contribution < 1.29 is 20.3 Å². The maximum atomic E-state index is 2.23. The van der Waals surface area contributed by atoms with Crippen molar-refractivity contribution in [3.05, 3.63) is 0 Å². The van der Waals surface area contributed by atoms with Crippen LogP contribution in [0.25, 0.3) is 0 Å². The summed E-state index contributed by atoms with van der Waals surface area (Å²) in [6.45, 7) is 4.46. The molecule has 0 unspecified atom stereocenters. The molecule has 48 valence electrons. The van der Waals surface area contributed by atoms with Crippen LogP contribution in [0.2, 0.25) is 0 Å². The molecule has 0 spiro atoms. The second kappa shape index (κ2) is 15.7. The van der Waals surface area contributed by atoms with Crippen LogP contribution in [0.1, 0.15) is 41.0 Å². The van der Waals surface area contributed by atoms with Gasteiger partial charge in [0, 0.05) is 0 Å². The molecule has 0 nitrogen and oxygen atoms in total. The number of hydrogen-bond acceptors (Lipinski definition) is 0. The summed E-state index contributed by atoms with van der Waals surface area (Å²) in [4.78, 5) is 0. The van der Waals surface area contributed by atoms with E-state index < -0.39 is 0 Å². The van der Waals surface area contributed by atoms with Crippen LogP contribution in [0.4, 0.5) is 0 Å². The zero-order valence-electron chi connectivity index (χ0n) is 7.33. The van der Waals surface area contributed by atoms with Crippen LogP contribution in [0.15, 0.2) is 0 Å². The van der Waals surface area contributed by atoms with Gasteiger partial charge in [-0.25, -0.2) is 0 Å². The van der Waals surface area contributed by atoms with E-state index in [0.29, 0.717) is 0 Å². The Morgan fingerprint density at radius 3 is 1.38 bits per heavy atom. The Morgan fingerprint density at radius 2 is 1.25 bits per heavy atom. The summed E-state index contributed by atoms with van der Waals surface area (Å²) in [7, 11) is 0. The Kier molecular flexibility index (Phi) is 31.3. The number of unbranched alkanes of at least 4 members (excludes halogenated alkanes) is 3. The maximum absolute atomic E-state index is 2.23. The van der Waals surface area contributed by atoms with E-state index in [1.54, 1.807) is 0 Å². The molecule has 0 saturated heterocycles. The second-order valence-corrected chi connectivity index (χ2v) is 1.71. The van der Waals surface area contributed by atoms with Gasteiger partial charge in [0.25, 0.3) is 0 Å². The van der Waals surface area contributed by atoms with Crippen molar-refractivity contribution in [1.29, 1.82) is 0 Å². The third kappa shape index (κ3) is 15.8. The van der Waals surface area contributed by atoms with Crippen LogP contribution in [0, 0.1) is 0 Å². The fraction of sp³-hybridized carbons (Fsp3) is 1.00. The Labute approximate surface area is 73.5 Å². The van der Waals surface area contributed by atoms with Gasteiger partial charge < -0.3 is 1.43 Å². The Balaban J connectivity index is -0.0000000417. The SMILES string of the molecule is CCCCCC.S.[H-].[Li+]. The van der Waals surface area contributed by atoms with Gasteiger partial charge in [-0.3, -0.25) is 0 Å². The van der Waals surface area contributed by atoms with Gasteiger partial charge >= 0.3 is 18.9 Å². The van der Waals surface area contributed by atoms with E-state index in [0.717, 1.165) is 0 Å². The molecule has 8 heavy (non-hydrogen) atoms. The number of rotatable bonds is 3. The topological polar surface area (TPSA) is 0 Å². The van der Waals surface area contributed by atoms with E-state index in [1.807, 2.05) is 0 Å². The summed E-state index contributed by atoms with van der Waals surface area (Å²) in [6, 6.07) is 0. The third-order valence-corrected chi connectivity index (χ3v) is 0.957. The summed E-state index contributed by atoms with van der Waals surface area (Å²) >= 11 is 0. The summed E-state index contributed by atoms with van der Waals surface area (Å²) in [5.41, 5.74) is 0. The van der Waals surface area contributed by atoms with Crippen LogP contribution in [-0.2, 0) is 0 Å². The molecule has 0 atom stereocenters. The van der Waals surface area contributed by atoms with Gasteiger partial charge in [-0.1, -0.05) is 39.5 Å². The van der Waals surface area contributed by atoms with Crippen LogP contribution >= 0.6 is 13.5 Å². The third-order valence-electron chi connectivity index (χ3n) is 0.957. The van der Waals surface area contributed by atoms with E-state index in [-0.39, 0.29) is 33.8 Å². The molecule has 0 aliphatic heterocycles. The van der Waals surface area contributed by atoms with Crippen LogP contribution in [-0.4, -0.2) is 0 Å². The molecule has 0 aromatic carbocycles. The van der Waals surface area contributed by atoms with E-state index in [4.69, 9.17) is 0 Å². The average molecular weight is 128 g/mol. The normalized spacial score (nSPS) is 6.75. The predicted octanol–water partition coefficient (Wildman–Crippen LogP) is -0.184. The standard InChI is InChI=1S/C6H14.Li.H2S.H/c1-3-5-6-4-2;;;/h3-6H2,1-2H3;;1H2;/q;+1;;-1. The minimum absolute atomic E-state index is 0. The van der Waals surface area contributed by atoms with Crippen LogP contribution < -0.4 is 18.9 Å². The molecule has 0 rings (SSSR count). The first kappa shape index (κ1) is 16.0. The summed E-state index contributed by atoms with van der Waals surface area (Å²) in [6.07, 6.45) is 5.54. The van der Waals surface area contributed by atoms with Crippen molar-refractivity contribution in [3.63, 3.8) is 0 Å². The fourth-order valence-corrected chi connectivity index (χ4v) is 0.500. The van der Waals surface area contributed by atoms with Gasteiger partial charge in [0.1, 0.15) is 0 Å². The molecule has 2 heteroatoms. The maximum Gasteiger partial charge on any atom is 1.00 e. The summed E-state index contributed by atoms with van der Waals surface area (Å²) in [5, 5.41) is 0. The minimum Gasteiger partial charge on any atom is -1.00 e. The molecule has 0 radical (unpaired) electrons. The molecule has 0 saturated carbocycles.